The second-order valence-electron chi connectivity index (χ2n) is 6.43. The van der Waals surface area contributed by atoms with Crippen molar-refractivity contribution in [3.8, 4) is 0 Å². The molecule has 2 N–H and O–H groups in total. The second kappa shape index (κ2) is 5.60. The maximum absolute atomic E-state index is 5.89. The molecule has 3 rings (SSSR count). The molecule has 1 fully saturated rings. The van der Waals surface area contributed by atoms with Crippen molar-refractivity contribution >= 4 is 0 Å². The van der Waals surface area contributed by atoms with E-state index in [1.165, 1.54) is 36.0 Å². The van der Waals surface area contributed by atoms with Crippen LogP contribution in [0.4, 0.5) is 0 Å². The van der Waals surface area contributed by atoms with E-state index in [4.69, 9.17) is 10.3 Å². The zero-order valence-corrected chi connectivity index (χ0v) is 12.9. The Morgan fingerprint density at radius 1 is 1.24 bits per heavy atom. The molecule has 0 aliphatic heterocycles. The number of nitrogens with two attached hydrogens (primary N) is 1. The van der Waals surface area contributed by atoms with Gasteiger partial charge in [0.05, 0.1) is 0 Å². The third-order valence-corrected chi connectivity index (χ3v) is 4.82. The highest BCUT2D eigenvalue weighted by Crippen LogP contribution is 2.42. The van der Waals surface area contributed by atoms with Crippen molar-refractivity contribution in [1.29, 1.82) is 0 Å². The zero-order chi connectivity index (χ0) is 14.9. The summed E-state index contributed by atoms with van der Waals surface area (Å²) >= 11 is 0. The van der Waals surface area contributed by atoms with Crippen molar-refractivity contribution in [2.24, 2.45) is 11.1 Å². The summed E-state index contributed by atoms with van der Waals surface area (Å²) in [5.74, 6) is 1.50. The molecule has 1 aromatic heterocycles. The van der Waals surface area contributed by atoms with Crippen LogP contribution in [0.3, 0.4) is 0 Å². The molecule has 1 aromatic carbocycles. The van der Waals surface area contributed by atoms with E-state index in [1.807, 2.05) is 0 Å². The number of nitrogens with zero attached hydrogens (tertiary/aromatic N) is 2. The van der Waals surface area contributed by atoms with Gasteiger partial charge in [-0.25, -0.2) is 0 Å². The van der Waals surface area contributed by atoms with E-state index in [2.05, 4.69) is 42.2 Å². The van der Waals surface area contributed by atoms with Gasteiger partial charge in [0.2, 0.25) is 5.89 Å². The molecule has 4 nitrogen and oxygen atoms in total. The van der Waals surface area contributed by atoms with Gasteiger partial charge in [-0.1, -0.05) is 29.8 Å². The molecule has 1 heterocycles. The monoisotopic (exact) mass is 285 g/mol. The Balaban J connectivity index is 1.68. The van der Waals surface area contributed by atoms with Crippen molar-refractivity contribution in [3.05, 3.63) is 46.6 Å². The van der Waals surface area contributed by atoms with Crippen LogP contribution in [0.5, 0.6) is 0 Å². The predicted molar refractivity (Wildman–Crippen MR) is 82.1 cm³/mol. The topological polar surface area (TPSA) is 64.9 Å². The first kappa shape index (κ1) is 14.3. The van der Waals surface area contributed by atoms with Crippen LogP contribution < -0.4 is 5.73 Å². The van der Waals surface area contributed by atoms with Crippen LogP contribution in [0.15, 0.2) is 22.7 Å². The van der Waals surface area contributed by atoms with Crippen molar-refractivity contribution in [2.45, 2.75) is 46.0 Å². The highest BCUT2D eigenvalue weighted by molar-refractivity contribution is 5.31. The largest absolute Gasteiger partial charge is 0.339 e. The first-order chi connectivity index (χ1) is 10.1. The number of hydrogen-bond donors (Lipinski definition) is 1. The van der Waals surface area contributed by atoms with Crippen LogP contribution in [0, 0.1) is 19.3 Å². The Bertz CT molecular complexity index is 623. The molecule has 0 unspecified atom stereocenters. The number of aromatic nitrogens is 2. The summed E-state index contributed by atoms with van der Waals surface area (Å²) in [7, 11) is 0. The van der Waals surface area contributed by atoms with Crippen molar-refractivity contribution in [2.75, 3.05) is 6.54 Å². The second-order valence-corrected chi connectivity index (χ2v) is 6.43. The molecule has 0 bridgehead atoms. The number of rotatable bonds is 5. The maximum Gasteiger partial charge on any atom is 0.227 e. The van der Waals surface area contributed by atoms with Crippen molar-refractivity contribution in [1.82, 2.24) is 10.1 Å². The van der Waals surface area contributed by atoms with Gasteiger partial charge in [0.1, 0.15) is 0 Å². The lowest BCUT2D eigenvalue weighted by atomic mass is 9.67. The molecule has 112 valence electrons. The summed E-state index contributed by atoms with van der Waals surface area (Å²) in [6.07, 6.45) is 5.17. The summed E-state index contributed by atoms with van der Waals surface area (Å²) in [5.41, 5.74) is 9.93. The molecule has 0 spiro atoms. The lowest BCUT2D eigenvalue weighted by molar-refractivity contribution is 0.129. The summed E-state index contributed by atoms with van der Waals surface area (Å²) < 4.78 is 5.41. The normalized spacial score (nSPS) is 16.7. The molecule has 0 saturated heterocycles. The molecule has 0 radical (unpaired) electrons. The molecular weight excluding hydrogens is 262 g/mol. The summed E-state index contributed by atoms with van der Waals surface area (Å²) in [6, 6.07) is 6.47. The fourth-order valence-electron chi connectivity index (χ4n) is 2.98. The minimum atomic E-state index is 0.213. The van der Waals surface area contributed by atoms with Gasteiger partial charge in [0, 0.05) is 12.8 Å². The standard InChI is InChI=1S/C17H23N3O/c1-12-4-5-14(8-13(12)2)9-15-19-16(21-20-15)10-17(11-18)6-3-7-17/h4-5,8H,3,6-7,9-11,18H2,1-2H3. The molecule has 2 aromatic rings. The molecule has 1 aliphatic rings. The van der Waals surface area contributed by atoms with Crippen LogP contribution in [0.25, 0.3) is 0 Å². The van der Waals surface area contributed by atoms with Crippen LogP contribution in [0.2, 0.25) is 0 Å². The van der Waals surface area contributed by atoms with Gasteiger partial charge in [-0.2, -0.15) is 4.98 Å². The minimum absolute atomic E-state index is 0.213. The average molecular weight is 285 g/mol. The Kier molecular flexibility index (Phi) is 3.81. The van der Waals surface area contributed by atoms with Crippen molar-refractivity contribution in [3.63, 3.8) is 0 Å². The Labute approximate surface area is 125 Å². The Hall–Kier alpha value is -1.68. The van der Waals surface area contributed by atoms with E-state index in [0.717, 1.165) is 24.6 Å². The summed E-state index contributed by atoms with van der Waals surface area (Å²) in [5, 5.41) is 4.11. The van der Waals surface area contributed by atoms with Crippen LogP contribution in [0.1, 0.15) is 47.7 Å². The van der Waals surface area contributed by atoms with Gasteiger partial charge in [-0.3, -0.25) is 0 Å². The third kappa shape index (κ3) is 3.00. The Morgan fingerprint density at radius 2 is 2.05 bits per heavy atom. The maximum atomic E-state index is 5.89. The van der Waals surface area contributed by atoms with Crippen LogP contribution >= 0.6 is 0 Å². The first-order valence-corrected chi connectivity index (χ1v) is 7.68. The highest BCUT2D eigenvalue weighted by atomic mass is 16.5. The number of benzene rings is 1. The summed E-state index contributed by atoms with van der Waals surface area (Å²) in [6.45, 7) is 4.96. The smallest absolute Gasteiger partial charge is 0.227 e. The lowest BCUT2D eigenvalue weighted by Crippen LogP contribution is -2.39. The van der Waals surface area contributed by atoms with Gasteiger partial charge in [-0.15, -0.1) is 0 Å². The molecule has 0 atom stereocenters. The van der Waals surface area contributed by atoms with E-state index >= 15 is 0 Å². The molecule has 4 heteroatoms. The molecule has 0 amide bonds. The van der Waals surface area contributed by atoms with E-state index in [0.29, 0.717) is 6.54 Å². The SMILES string of the molecule is Cc1ccc(Cc2noc(CC3(CN)CCC3)n2)cc1C. The van der Waals surface area contributed by atoms with E-state index in [9.17, 15) is 0 Å². The number of hydrogen-bond acceptors (Lipinski definition) is 4. The van der Waals surface area contributed by atoms with Crippen LogP contribution in [-0.2, 0) is 12.8 Å². The highest BCUT2D eigenvalue weighted by Gasteiger charge is 2.37. The van der Waals surface area contributed by atoms with Gasteiger partial charge < -0.3 is 10.3 Å². The van der Waals surface area contributed by atoms with Gasteiger partial charge >= 0.3 is 0 Å². The van der Waals surface area contributed by atoms with Gasteiger partial charge in [0.25, 0.3) is 0 Å². The predicted octanol–water partition coefficient (Wildman–Crippen LogP) is 2.95. The molecule has 1 aliphatic carbocycles. The first-order valence-electron chi connectivity index (χ1n) is 7.68. The zero-order valence-electron chi connectivity index (χ0n) is 12.9. The quantitative estimate of drug-likeness (QED) is 0.917. The number of aryl methyl sites for hydroxylation is 2. The fraction of sp³-hybridized carbons (Fsp3) is 0.529. The summed E-state index contributed by atoms with van der Waals surface area (Å²) in [4.78, 5) is 4.54. The van der Waals surface area contributed by atoms with E-state index < -0.39 is 0 Å². The lowest BCUT2D eigenvalue weighted by Gasteiger charge is -2.39. The van der Waals surface area contributed by atoms with E-state index in [1.54, 1.807) is 0 Å². The minimum Gasteiger partial charge on any atom is -0.339 e. The third-order valence-electron chi connectivity index (χ3n) is 4.82. The molecular formula is C17H23N3O. The van der Waals surface area contributed by atoms with Crippen LogP contribution in [-0.4, -0.2) is 16.7 Å². The van der Waals surface area contributed by atoms with Gasteiger partial charge in [-0.05, 0) is 55.3 Å². The molecule has 21 heavy (non-hydrogen) atoms. The fourth-order valence-corrected chi connectivity index (χ4v) is 2.98. The molecule has 1 saturated carbocycles. The van der Waals surface area contributed by atoms with Crippen molar-refractivity contribution < 1.29 is 4.52 Å². The van der Waals surface area contributed by atoms with Gasteiger partial charge in [0.15, 0.2) is 5.82 Å². The van der Waals surface area contributed by atoms with E-state index in [-0.39, 0.29) is 5.41 Å². The average Bonchev–Trinajstić information content (AvgIpc) is 2.85. The Morgan fingerprint density at radius 3 is 2.67 bits per heavy atom.